The van der Waals surface area contributed by atoms with Gasteiger partial charge in [-0.3, -0.25) is 4.79 Å². The van der Waals surface area contributed by atoms with Gasteiger partial charge in [0.2, 0.25) is 5.91 Å². The molecule has 1 N–H and O–H groups in total. The molecule has 0 aromatic carbocycles. The number of rotatable bonds is 3. The van der Waals surface area contributed by atoms with Gasteiger partial charge in [-0.15, -0.1) is 0 Å². The molecular weight excluding hydrogens is 182 g/mol. The van der Waals surface area contributed by atoms with Gasteiger partial charge in [0.05, 0.1) is 0 Å². The normalized spacial score (nSPS) is 30.1. The minimum atomic E-state index is 0.255. The fourth-order valence-electron chi connectivity index (χ4n) is 1.79. The summed E-state index contributed by atoms with van der Waals surface area (Å²) in [5.74, 6) is 3.56. The van der Waals surface area contributed by atoms with Crippen LogP contribution in [0, 0.1) is 11.8 Å². The summed E-state index contributed by atoms with van der Waals surface area (Å²) in [5.41, 5.74) is 0. The van der Waals surface area contributed by atoms with Crippen LogP contribution in [-0.4, -0.2) is 23.5 Å². The van der Waals surface area contributed by atoms with Crippen molar-refractivity contribution in [1.29, 1.82) is 0 Å². The molecule has 1 aliphatic heterocycles. The molecule has 0 radical (unpaired) electrons. The quantitative estimate of drug-likeness (QED) is 0.749. The standard InChI is InChI=1S/C10H17NOS/c1-7(8-2-3-8)10(12)11-9-4-5-13-6-9/h7-9H,2-6H2,1H3,(H,11,12). The van der Waals surface area contributed by atoms with E-state index in [4.69, 9.17) is 0 Å². The van der Waals surface area contributed by atoms with Gasteiger partial charge in [0, 0.05) is 17.7 Å². The van der Waals surface area contributed by atoms with Gasteiger partial charge in [0.1, 0.15) is 0 Å². The van der Waals surface area contributed by atoms with Gasteiger partial charge in [-0.1, -0.05) is 6.92 Å². The Balaban J connectivity index is 1.76. The molecule has 1 saturated heterocycles. The van der Waals surface area contributed by atoms with Crippen LogP contribution in [0.2, 0.25) is 0 Å². The van der Waals surface area contributed by atoms with Crippen molar-refractivity contribution in [2.24, 2.45) is 11.8 Å². The predicted molar refractivity (Wildman–Crippen MR) is 55.8 cm³/mol. The second-order valence-electron chi connectivity index (χ2n) is 4.20. The van der Waals surface area contributed by atoms with Crippen molar-refractivity contribution >= 4 is 17.7 Å². The Hall–Kier alpha value is -0.180. The van der Waals surface area contributed by atoms with Crippen LogP contribution >= 0.6 is 11.8 Å². The first-order chi connectivity index (χ1) is 6.27. The summed E-state index contributed by atoms with van der Waals surface area (Å²) < 4.78 is 0. The van der Waals surface area contributed by atoms with Crippen molar-refractivity contribution < 1.29 is 4.79 Å². The minimum Gasteiger partial charge on any atom is -0.352 e. The molecule has 0 bridgehead atoms. The van der Waals surface area contributed by atoms with Crippen molar-refractivity contribution in [2.75, 3.05) is 11.5 Å². The molecule has 0 aromatic rings. The topological polar surface area (TPSA) is 29.1 Å². The van der Waals surface area contributed by atoms with Gasteiger partial charge in [0.15, 0.2) is 0 Å². The highest BCUT2D eigenvalue weighted by atomic mass is 32.2. The molecule has 1 heterocycles. The summed E-state index contributed by atoms with van der Waals surface area (Å²) in [7, 11) is 0. The van der Waals surface area contributed by atoms with E-state index < -0.39 is 0 Å². The second-order valence-corrected chi connectivity index (χ2v) is 5.35. The van der Waals surface area contributed by atoms with E-state index >= 15 is 0 Å². The highest BCUT2D eigenvalue weighted by Gasteiger charge is 2.33. The molecule has 1 aliphatic carbocycles. The Morgan fingerprint density at radius 1 is 1.46 bits per heavy atom. The molecule has 2 nitrogen and oxygen atoms in total. The number of thioether (sulfide) groups is 1. The Kier molecular flexibility index (Phi) is 2.82. The molecule has 2 rings (SSSR count). The molecular formula is C10H17NOS. The van der Waals surface area contributed by atoms with Crippen LogP contribution in [0.1, 0.15) is 26.2 Å². The highest BCUT2D eigenvalue weighted by Crippen LogP contribution is 2.36. The van der Waals surface area contributed by atoms with Gasteiger partial charge < -0.3 is 5.32 Å². The molecule has 2 unspecified atom stereocenters. The second kappa shape index (κ2) is 3.91. The fourth-order valence-corrected chi connectivity index (χ4v) is 2.94. The van der Waals surface area contributed by atoms with Gasteiger partial charge in [0.25, 0.3) is 0 Å². The van der Waals surface area contributed by atoms with Crippen LogP contribution in [0.3, 0.4) is 0 Å². The zero-order valence-corrected chi connectivity index (χ0v) is 8.90. The number of carbonyl (C=O) groups is 1. The minimum absolute atomic E-state index is 0.255. The number of carbonyl (C=O) groups excluding carboxylic acids is 1. The van der Waals surface area contributed by atoms with E-state index in [0.29, 0.717) is 12.0 Å². The van der Waals surface area contributed by atoms with Crippen LogP contribution in [-0.2, 0) is 4.79 Å². The van der Waals surface area contributed by atoms with E-state index in [2.05, 4.69) is 12.2 Å². The highest BCUT2D eigenvalue weighted by molar-refractivity contribution is 7.99. The summed E-state index contributed by atoms with van der Waals surface area (Å²) >= 11 is 1.95. The average molecular weight is 199 g/mol. The van der Waals surface area contributed by atoms with Gasteiger partial charge in [-0.2, -0.15) is 11.8 Å². The summed E-state index contributed by atoms with van der Waals surface area (Å²) in [5, 5.41) is 3.14. The third-order valence-corrected chi connectivity index (χ3v) is 4.18. The average Bonchev–Trinajstić information content (AvgIpc) is 2.85. The first kappa shape index (κ1) is 9.38. The van der Waals surface area contributed by atoms with Gasteiger partial charge in [-0.25, -0.2) is 0 Å². The summed E-state index contributed by atoms with van der Waals surface area (Å²) in [6.45, 7) is 2.06. The fraction of sp³-hybridized carbons (Fsp3) is 0.900. The van der Waals surface area contributed by atoms with Crippen molar-refractivity contribution in [3.63, 3.8) is 0 Å². The summed E-state index contributed by atoms with van der Waals surface area (Å²) in [6.07, 6.45) is 3.68. The van der Waals surface area contributed by atoms with Crippen LogP contribution in [0.5, 0.6) is 0 Å². The summed E-state index contributed by atoms with van der Waals surface area (Å²) in [4.78, 5) is 11.7. The number of hydrogen-bond acceptors (Lipinski definition) is 2. The number of hydrogen-bond donors (Lipinski definition) is 1. The first-order valence-electron chi connectivity index (χ1n) is 5.15. The lowest BCUT2D eigenvalue weighted by molar-refractivity contribution is -0.125. The molecule has 0 spiro atoms. The van der Waals surface area contributed by atoms with Crippen LogP contribution < -0.4 is 5.32 Å². The van der Waals surface area contributed by atoms with E-state index in [1.807, 2.05) is 11.8 Å². The number of amides is 1. The Morgan fingerprint density at radius 2 is 2.23 bits per heavy atom. The summed E-state index contributed by atoms with van der Waals surface area (Å²) in [6, 6.07) is 0.457. The van der Waals surface area contributed by atoms with E-state index in [-0.39, 0.29) is 11.8 Å². The lowest BCUT2D eigenvalue weighted by atomic mass is 10.1. The van der Waals surface area contributed by atoms with Crippen LogP contribution in [0.15, 0.2) is 0 Å². The monoisotopic (exact) mass is 199 g/mol. The molecule has 2 aliphatic rings. The molecule has 1 saturated carbocycles. The predicted octanol–water partition coefficient (Wildman–Crippen LogP) is 1.65. The van der Waals surface area contributed by atoms with Crippen molar-refractivity contribution in [2.45, 2.75) is 32.2 Å². The molecule has 0 aromatic heterocycles. The zero-order valence-electron chi connectivity index (χ0n) is 8.08. The van der Waals surface area contributed by atoms with Crippen molar-refractivity contribution in [3.05, 3.63) is 0 Å². The lowest BCUT2D eigenvalue weighted by Crippen LogP contribution is -2.38. The van der Waals surface area contributed by atoms with E-state index in [1.165, 1.54) is 18.6 Å². The maximum atomic E-state index is 11.7. The smallest absolute Gasteiger partial charge is 0.223 e. The SMILES string of the molecule is CC(C(=O)NC1CCSC1)C1CC1. The van der Waals surface area contributed by atoms with Gasteiger partial charge >= 0.3 is 0 Å². The molecule has 2 fully saturated rings. The molecule has 3 heteroatoms. The zero-order chi connectivity index (χ0) is 9.26. The maximum absolute atomic E-state index is 11.7. The Bertz CT molecular complexity index is 197. The van der Waals surface area contributed by atoms with Crippen LogP contribution in [0.25, 0.3) is 0 Å². The molecule has 74 valence electrons. The number of nitrogens with one attached hydrogen (secondary N) is 1. The van der Waals surface area contributed by atoms with Gasteiger partial charge in [-0.05, 0) is 30.9 Å². The van der Waals surface area contributed by atoms with E-state index in [1.54, 1.807) is 0 Å². The van der Waals surface area contributed by atoms with Crippen LogP contribution in [0.4, 0.5) is 0 Å². The first-order valence-corrected chi connectivity index (χ1v) is 6.31. The Labute approximate surface area is 83.8 Å². The Morgan fingerprint density at radius 3 is 2.77 bits per heavy atom. The van der Waals surface area contributed by atoms with E-state index in [9.17, 15) is 4.79 Å². The molecule has 2 atom stereocenters. The van der Waals surface area contributed by atoms with Crippen molar-refractivity contribution in [3.8, 4) is 0 Å². The maximum Gasteiger partial charge on any atom is 0.223 e. The third-order valence-electron chi connectivity index (χ3n) is 3.02. The van der Waals surface area contributed by atoms with Crippen molar-refractivity contribution in [1.82, 2.24) is 5.32 Å². The molecule has 13 heavy (non-hydrogen) atoms. The van der Waals surface area contributed by atoms with E-state index in [0.717, 1.165) is 12.2 Å². The third kappa shape index (κ3) is 2.39. The lowest BCUT2D eigenvalue weighted by Gasteiger charge is -2.15. The molecule has 1 amide bonds. The largest absolute Gasteiger partial charge is 0.352 e.